The maximum absolute atomic E-state index is 14.9. The standard InChI is InChI=1S/C27H24ClFN4O4S/c1-14-2-6-18(7-3-14)38(36,37)33-13-21(20-9-17(28)11-31-26(20)33)25-30-12-22(29)23(32-25)10-19-15-4-5-16(8-15)24(19)27(34)35/h2-3,6-7,9,11-13,15-16,19,24H,4-5,8,10H2,1H3,(H,34,35)/t15-,16?,19?,24-/m0/s1. The molecule has 2 aliphatic carbocycles. The highest BCUT2D eigenvalue weighted by molar-refractivity contribution is 7.90. The van der Waals surface area contributed by atoms with Crippen LogP contribution in [-0.4, -0.2) is 38.4 Å². The van der Waals surface area contributed by atoms with Crippen molar-refractivity contribution < 1.29 is 22.7 Å². The van der Waals surface area contributed by atoms with Crippen LogP contribution in [0.3, 0.4) is 0 Å². The summed E-state index contributed by atoms with van der Waals surface area (Å²) in [5.41, 5.74) is 1.50. The molecule has 0 amide bonds. The predicted octanol–water partition coefficient (Wildman–Crippen LogP) is 5.12. The summed E-state index contributed by atoms with van der Waals surface area (Å²) in [7, 11) is -4.03. The van der Waals surface area contributed by atoms with Gasteiger partial charge >= 0.3 is 5.97 Å². The number of carbonyl (C=O) groups is 1. The summed E-state index contributed by atoms with van der Waals surface area (Å²) in [6.07, 6.45) is 6.63. The number of aliphatic carboxylic acids is 1. The van der Waals surface area contributed by atoms with Gasteiger partial charge in [-0.25, -0.2) is 31.7 Å². The molecule has 1 N–H and O–H groups in total. The van der Waals surface area contributed by atoms with E-state index in [-0.39, 0.29) is 51.3 Å². The van der Waals surface area contributed by atoms with Crippen LogP contribution >= 0.6 is 11.6 Å². The van der Waals surface area contributed by atoms with Crippen LogP contribution in [0.4, 0.5) is 4.39 Å². The highest BCUT2D eigenvalue weighted by Crippen LogP contribution is 2.53. The van der Waals surface area contributed by atoms with Gasteiger partial charge in [0.25, 0.3) is 10.0 Å². The second kappa shape index (κ2) is 9.13. The lowest BCUT2D eigenvalue weighted by Crippen LogP contribution is -2.31. The van der Waals surface area contributed by atoms with Crippen molar-refractivity contribution in [3.63, 3.8) is 0 Å². The summed E-state index contributed by atoms with van der Waals surface area (Å²) in [4.78, 5) is 25.0. The number of fused-ring (bicyclic) bond motifs is 3. The second-order valence-corrected chi connectivity index (χ2v) is 12.5. The monoisotopic (exact) mass is 554 g/mol. The fraction of sp³-hybridized carbons (Fsp3) is 0.333. The Hall–Kier alpha value is -3.37. The molecule has 2 aliphatic rings. The van der Waals surface area contributed by atoms with Gasteiger partial charge in [-0.15, -0.1) is 0 Å². The Kier molecular flexibility index (Phi) is 5.99. The van der Waals surface area contributed by atoms with E-state index in [0.717, 1.165) is 35.0 Å². The van der Waals surface area contributed by atoms with Crippen molar-refractivity contribution in [2.45, 2.75) is 37.5 Å². The fourth-order valence-corrected chi connectivity index (χ4v) is 7.71. The number of carboxylic acids is 1. The van der Waals surface area contributed by atoms with Crippen molar-refractivity contribution in [1.29, 1.82) is 0 Å². The number of rotatable bonds is 6. The summed E-state index contributed by atoms with van der Waals surface area (Å²) in [5, 5.41) is 10.5. The lowest BCUT2D eigenvalue weighted by atomic mass is 9.77. The highest BCUT2D eigenvalue weighted by Gasteiger charge is 2.51. The number of hydrogen-bond donors (Lipinski definition) is 1. The molecule has 38 heavy (non-hydrogen) atoms. The van der Waals surface area contributed by atoms with Crippen molar-refractivity contribution >= 4 is 38.6 Å². The van der Waals surface area contributed by atoms with Crippen LogP contribution < -0.4 is 0 Å². The molecule has 4 aromatic rings. The molecule has 0 aliphatic heterocycles. The van der Waals surface area contributed by atoms with Gasteiger partial charge in [0, 0.05) is 23.3 Å². The Balaban J connectivity index is 1.44. The summed E-state index contributed by atoms with van der Waals surface area (Å²) in [6.45, 7) is 1.86. The zero-order chi connectivity index (χ0) is 26.8. The molecule has 3 heterocycles. The summed E-state index contributed by atoms with van der Waals surface area (Å²) >= 11 is 6.21. The molecule has 4 atom stereocenters. The zero-order valence-corrected chi connectivity index (χ0v) is 22.0. The maximum atomic E-state index is 14.9. The molecule has 1 aromatic carbocycles. The molecule has 8 nitrogen and oxygen atoms in total. The molecule has 0 spiro atoms. The minimum Gasteiger partial charge on any atom is -0.481 e. The van der Waals surface area contributed by atoms with Crippen LogP contribution in [0.5, 0.6) is 0 Å². The van der Waals surface area contributed by atoms with Crippen molar-refractivity contribution in [1.82, 2.24) is 18.9 Å². The highest BCUT2D eigenvalue weighted by atomic mass is 35.5. The first-order valence-electron chi connectivity index (χ1n) is 12.4. The molecule has 0 saturated heterocycles. The lowest BCUT2D eigenvalue weighted by Gasteiger charge is -2.27. The average molecular weight is 555 g/mol. The second-order valence-electron chi connectivity index (χ2n) is 10.2. The molecule has 3 aromatic heterocycles. The minimum absolute atomic E-state index is 0.0833. The number of carboxylic acid groups (broad SMARTS) is 1. The molecular weight excluding hydrogens is 531 g/mol. The van der Waals surface area contributed by atoms with Gasteiger partial charge in [-0.2, -0.15) is 0 Å². The molecule has 2 unspecified atom stereocenters. The molecule has 196 valence electrons. The Morgan fingerprint density at radius 3 is 2.63 bits per heavy atom. The van der Waals surface area contributed by atoms with E-state index in [2.05, 4.69) is 15.0 Å². The van der Waals surface area contributed by atoms with E-state index in [1.165, 1.54) is 24.5 Å². The van der Waals surface area contributed by atoms with Crippen LogP contribution in [0, 0.1) is 36.4 Å². The van der Waals surface area contributed by atoms with E-state index >= 15 is 0 Å². The first-order valence-corrected chi connectivity index (χ1v) is 14.2. The third kappa shape index (κ3) is 4.06. The zero-order valence-electron chi connectivity index (χ0n) is 20.4. The van der Waals surface area contributed by atoms with E-state index in [1.54, 1.807) is 18.2 Å². The number of aromatic nitrogens is 4. The van der Waals surface area contributed by atoms with Gasteiger partial charge in [0.2, 0.25) is 0 Å². The molecule has 11 heteroatoms. The summed E-state index contributed by atoms with van der Waals surface area (Å²) in [6, 6.07) is 8.03. The van der Waals surface area contributed by atoms with Crippen LogP contribution in [0.1, 0.15) is 30.5 Å². The first-order chi connectivity index (χ1) is 18.1. The van der Waals surface area contributed by atoms with Crippen LogP contribution in [0.15, 0.2) is 53.8 Å². The first kappa shape index (κ1) is 24.9. The summed E-state index contributed by atoms with van der Waals surface area (Å²) in [5.74, 6) is -1.73. The Morgan fingerprint density at radius 1 is 1.16 bits per heavy atom. The van der Waals surface area contributed by atoms with Gasteiger partial charge < -0.3 is 5.11 Å². The van der Waals surface area contributed by atoms with E-state index in [9.17, 15) is 22.7 Å². The summed E-state index contributed by atoms with van der Waals surface area (Å²) < 4.78 is 43.1. The van der Waals surface area contributed by atoms with Crippen LogP contribution in [0.2, 0.25) is 5.02 Å². The molecule has 2 fully saturated rings. The number of nitrogens with zero attached hydrogens (tertiary/aromatic N) is 4. The fourth-order valence-electron chi connectivity index (χ4n) is 6.23. The maximum Gasteiger partial charge on any atom is 0.307 e. The Morgan fingerprint density at radius 2 is 1.89 bits per heavy atom. The quantitative estimate of drug-likeness (QED) is 0.352. The molecular formula is C27H24ClFN4O4S. The molecule has 2 bridgehead atoms. The largest absolute Gasteiger partial charge is 0.481 e. The topological polar surface area (TPSA) is 115 Å². The molecule has 2 saturated carbocycles. The Bertz CT molecular complexity index is 1690. The van der Waals surface area contributed by atoms with Crippen molar-refractivity contribution in [2.24, 2.45) is 23.7 Å². The third-order valence-corrected chi connectivity index (χ3v) is 9.89. The third-order valence-electron chi connectivity index (χ3n) is 8.02. The number of hydrogen-bond acceptors (Lipinski definition) is 6. The van der Waals surface area contributed by atoms with Gasteiger partial charge in [0.15, 0.2) is 17.3 Å². The predicted molar refractivity (Wildman–Crippen MR) is 139 cm³/mol. The number of benzene rings is 1. The van der Waals surface area contributed by atoms with E-state index < -0.39 is 27.7 Å². The number of aryl methyl sites for hydroxylation is 1. The SMILES string of the molecule is Cc1ccc(S(=O)(=O)n2cc(-c3ncc(F)c(CC4[C@H]5CCC(C5)[C@@H]4C(=O)O)n3)c3cc(Cl)cnc32)cc1. The number of pyridine rings is 1. The minimum atomic E-state index is -4.03. The molecule has 6 rings (SSSR count). The number of halogens is 2. The van der Waals surface area contributed by atoms with Crippen LogP contribution in [0.25, 0.3) is 22.4 Å². The van der Waals surface area contributed by atoms with Crippen LogP contribution in [-0.2, 0) is 21.2 Å². The van der Waals surface area contributed by atoms with Crippen molar-refractivity contribution in [2.75, 3.05) is 0 Å². The van der Waals surface area contributed by atoms with E-state index in [1.807, 2.05) is 6.92 Å². The lowest BCUT2D eigenvalue weighted by molar-refractivity contribution is -0.145. The van der Waals surface area contributed by atoms with E-state index in [4.69, 9.17) is 11.6 Å². The van der Waals surface area contributed by atoms with Gasteiger partial charge in [-0.1, -0.05) is 29.3 Å². The van der Waals surface area contributed by atoms with Crippen molar-refractivity contribution in [3.8, 4) is 11.4 Å². The van der Waals surface area contributed by atoms with Gasteiger partial charge in [0.05, 0.1) is 27.7 Å². The smallest absolute Gasteiger partial charge is 0.307 e. The van der Waals surface area contributed by atoms with Crippen molar-refractivity contribution in [3.05, 3.63) is 71.0 Å². The average Bonchev–Trinajstić information content (AvgIpc) is 3.59. The van der Waals surface area contributed by atoms with E-state index in [0.29, 0.717) is 10.9 Å². The Labute approximate surface area is 223 Å². The van der Waals surface area contributed by atoms with Gasteiger partial charge in [0.1, 0.15) is 0 Å². The van der Waals surface area contributed by atoms with Gasteiger partial charge in [-0.05, 0) is 68.6 Å². The van der Waals surface area contributed by atoms with Gasteiger partial charge in [-0.3, -0.25) is 4.79 Å². The normalized spacial score (nSPS) is 22.8. The molecule has 0 radical (unpaired) electrons.